The van der Waals surface area contributed by atoms with Crippen LogP contribution in [0.25, 0.3) is 0 Å². The molecule has 1 aromatic rings. The molecule has 80 valence electrons. The molecule has 0 spiro atoms. The standard InChI is InChI=1S/C13H18N2/c1-13(2,3)11-8-6-10(7-9-11)12(14-4)15-5/h6-9H,4H2,1-3,5H3/b15-12-. The Hall–Kier alpha value is -1.44. The molecule has 0 unspecified atom stereocenters. The van der Waals surface area contributed by atoms with Crippen molar-refractivity contribution in [2.75, 3.05) is 7.05 Å². The van der Waals surface area contributed by atoms with Gasteiger partial charge in [0.1, 0.15) is 0 Å². The summed E-state index contributed by atoms with van der Waals surface area (Å²) in [5, 5.41) is 0. The summed E-state index contributed by atoms with van der Waals surface area (Å²) in [7, 11) is 1.72. The van der Waals surface area contributed by atoms with E-state index in [0.29, 0.717) is 5.84 Å². The van der Waals surface area contributed by atoms with Crippen LogP contribution in [0, 0.1) is 0 Å². The Morgan fingerprint density at radius 3 is 2.00 bits per heavy atom. The number of nitrogens with zero attached hydrogens (tertiary/aromatic N) is 2. The van der Waals surface area contributed by atoms with E-state index >= 15 is 0 Å². The molecule has 1 aromatic carbocycles. The predicted molar refractivity (Wildman–Crippen MR) is 67.2 cm³/mol. The fourth-order valence-electron chi connectivity index (χ4n) is 1.41. The highest BCUT2D eigenvalue weighted by molar-refractivity contribution is 6.01. The molecule has 0 fully saturated rings. The van der Waals surface area contributed by atoms with Crippen LogP contribution in [0.5, 0.6) is 0 Å². The zero-order valence-electron chi connectivity index (χ0n) is 9.91. The van der Waals surface area contributed by atoms with Crippen molar-refractivity contribution in [2.45, 2.75) is 26.2 Å². The van der Waals surface area contributed by atoms with Crippen molar-refractivity contribution in [3.8, 4) is 0 Å². The van der Waals surface area contributed by atoms with Gasteiger partial charge < -0.3 is 0 Å². The second-order valence-electron chi connectivity index (χ2n) is 4.53. The van der Waals surface area contributed by atoms with Gasteiger partial charge in [-0.25, -0.2) is 4.99 Å². The average molecular weight is 202 g/mol. The van der Waals surface area contributed by atoms with Crippen LogP contribution in [-0.4, -0.2) is 19.6 Å². The van der Waals surface area contributed by atoms with Gasteiger partial charge in [-0.1, -0.05) is 45.0 Å². The van der Waals surface area contributed by atoms with Gasteiger partial charge in [-0.3, -0.25) is 4.99 Å². The largest absolute Gasteiger partial charge is 0.270 e. The lowest BCUT2D eigenvalue weighted by Gasteiger charge is -2.19. The maximum atomic E-state index is 4.06. The molecular formula is C13H18N2. The normalized spacial score (nSPS) is 12.7. The van der Waals surface area contributed by atoms with Gasteiger partial charge in [0, 0.05) is 12.6 Å². The first kappa shape index (κ1) is 11.6. The lowest BCUT2D eigenvalue weighted by atomic mass is 9.86. The van der Waals surface area contributed by atoms with Gasteiger partial charge in [0.05, 0.1) is 0 Å². The first-order chi connectivity index (χ1) is 6.99. The summed E-state index contributed by atoms with van der Waals surface area (Å²) < 4.78 is 0. The summed E-state index contributed by atoms with van der Waals surface area (Å²) in [6, 6.07) is 8.31. The van der Waals surface area contributed by atoms with Crippen LogP contribution in [0.3, 0.4) is 0 Å². The maximum absolute atomic E-state index is 4.06. The summed E-state index contributed by atoms with van der Waals surface area (Å²) >= 11 is 0. The Morgan fingerprint density at radius 2 is 1.67 bits per heavy atom. The highest BCUT2D eigenvalue weighted by atomic mass is 14.9. The molecule has 0 saturated carbocycles. The first-order valence-electron chi connectivity index (χ1n) is 5.03. The molecule has 0 aliphatic heterocycles. The van der Waals surface area contributed by atoms with Gasteiger partial charge in [-0.15, -0.1) is 0 Å². The molecule has 2 nitrogen and oxygen atoms in total. The fraction of sp³-hybridized carbons (Fsp3) is 0.385. The van der Waals surface area contributed by atoms with Gasteiger partial charge in [0.25, 0.3) is 0 Å². The third-order valence-corrected chi connectivity index (χ3v) is 2.37. The van der Waals surface area contributed by atoms with E-state index in [1.807, 2.05) is 12.1 Å². The summed E-state index contributed by atoms with van der Waals surface area (Å²) in [6.45, 7) is 10.1. The van der Waals surface area contributed by atoms with Gasteiger partial charge in [0.15, 0.2) is 5.84 Å². The minimum absolute atomic E-state index is 0.184. The van der Waals surface area contributed by atoms with Crippen LogP contribution in [0.2, 0.25) is 0 Å². The van der Waals surface area contributed by atoms with Crippen LogP contribution < -0.4 is 0 Å². The van der Waals surface area contributed by atoms with Crippen molar-refractivity contribution in [1.29, 1.82) is 0 Å². The van der Waals surface area contributed by atoms with Crippen molar-refractivity contribution >= 4 is 12.6 Å². The molecule has 0 saturated heterocycles. The van der Waals surface area contributed by atoms with Crippen molar-refractivity contribution < 1.29 is 0 Å². The van der Waals surface area contributed by atoms with Gasteiger partial charge in [0.2, 0.25) is 0 Å². The van der Waals surface area contributed by atoms with E-state index in [-0.39, 0.29) is 5.41 Å². The number of benzene rings is 1. The summed E-state index contributed by atoms with van der Waals surface area (Å²) in [4.78, 5) is 7.92. The topological polar surface area (TPSA) is 24.7 Å². The number of aliphatic imine (C=N–C) groups is 2. The van der Waals surface area contributed by atoms with Crippen LogP contribution in [0.1, 0.15) is 31.9 Å². The molecule has 0 N–H and O–H groups in total. The van der Waals surface area contributed by atoms with Gasteiger partial charge >= 0.3 is 0 Å². The summed E-state index contributed by atoms with van der Waals surface area (Å²) in [6.07, 6.45) is 0. The molecule has 0 heterocycles. The first-order valence-corrected chi connectivity index (χ1v) is 5.03. The maximum Gasteiger partial charge on any atom is 0.153 e. The second kappa shape index (κ2) is 4.39. The summed E-state index contributed by atoms with van der Waals surface area (Å²) in [5.41, 5.74) is 2.51. The number of rotatable bonds is 1. The molecular weight excluding hydrogens is 184 g/mol. The van der Waals surface area contributed by atoms with Crippen LogP contribution in [0.15, 0.2) is 34.3 Å². The van der Waals surface area contributed by atoms with E-state index in [9.17, 15) is 0 Å². The van der Waals surface area contributed by atoms with Crippen molar-refractivity contribution in [2.24, 2.45) is 9.98 Å². The van der Waals surface area contributed by atoms with Crippen molar-refractivity contribution in [3.05, 3.63) is 35.4 Å². The van der Waals surface area contributed by atoms with E-state index in [2.05, 4.69) is 49.6 Å². The molecule has 0 radical (unpaired) electrons. The van der Waals surface area contributed by atoms with Crippen LogP contribution in [0.4, 0.5) is 0 Å². The third-order valence-electron chi connectivity index (χ3n) is 2.37. The fourth-order valence-corrected chi connectivity index (χ4v) is 1.41. The highest BCUT2D eigenvalue weighted by Crippen LogP contribution is 2.22. The second-order valence-corrected chi connectivity index (χ2v) is 4.53. The molecule has 1 rings (SSSR count). The molecule has 0 aliphatic rings. The monoisotopic (exact) mass is 202 g/mol. The number of hydrogen-bond donors (Lipinski definition) is 0. The molecule has 2 heteroatoms. The van der Waals surface area contributed by atoms with E-state index in [0.717, 1.165) is 5.56 Å². The van der Waals surface area contributed by atoms with Crippen LogP contribution in [-0.2, 0) is 5.41 Å². The smallest absolute Gasteiger partial charge is 0.153 e. The van der Waals surface area contributed by atoms with Crippen molar-refractivity contribution in [1.82, 2.24) is 0 Å². The Balaban J connectivity index is 3.05. The Morgan fingerprint density at radius 1 is 1.13 bits per heavy atom. The lowest BCUT2D eigenvalue weighted by molar-refractivity contribution is 0.590. The molecule has 15 heavy (non-hydrogen) atoms. The number of hydrogen-bond acceptors (Lipinski definition) is 1. The Kier molecular flexibility index (Phi) is 3.40. The van der Waals surface area contributed by atoms with Gasteiger partial charge in [-0.05, 0) is 17.7 Å². The van der Waals surface area contributed by atoms with E-state index in [1.165, 1.54) is 5.56 Å². The Bertz CT molecular complexity index is 367. The number of amidine groups is 1. The average Bonchev–Trinajstić information content (AvgIpc) is 2.19. The SMILES string of the molecule is C=N/C(=N\C)c1ccc(C(C)(C)C)cc1. The minimum Gasteiger partial charge on any atom is -0.270 e. The van der Waals surface area contributed by atoms with E-state index in [1.54, 1.807) is 7.05 Å². The molecule has 0 aromatic heterocycles. The lowest BCUT2D eigenvalue weighted by Crippen LogP contribution is -2.11. The van der Waals surface area contributed by atoms with Crippen molar-refractivity contribution in [3.63, 3.8) is 0 Å². The van der Waals surface area contributed by atoms with Crippen LogP contribution >= 0.6 is 0 Å². The quantitative estimate of drug-likeness (QED) is 0.494. The molecule has 0 aliphatic carbocycles. The third kappa shape index (κ3) is 2.75. The highest BCUT2D eigenvalue weighted by Gasteiger charge is 2.13. The molecule has 0 amide bonds. The summed E-state index contributed by atoms with van der Waals surface area (Å²) in [5.74, 6) is 0.690. The minimum atomic E-state index is 0.184. The van der Waals surface area contributed by atoms with E-state index in [4.69, 9.17) is 0 Å². The molecule has 0 atom stereocenters. The predicted octanol–water partition coefficient (Wildman–Crippen LogP) is 3.06. The molecule has 0 bridgehead atoms. The van der Waals surface area contributed by atoms with E-state index < -0.39 is 0 Å². The van der Waals surface area contributed by atoms with Gasteiger partial charge in [-0.2, -0.15) is 0 Å². The zero-order chi connectivity index (χ0) is 11.5. The Labute approximate surface area is 91.8 Å². The zero-order valence-corrected chi connectivity index (χ0v) is 9.91.